The summed E-state index contributed by atoms with van der Waals surface area (Å²) in [4.78, 5) is 26.1. The van der Waals surface area contributed by atoms with Crippen LogP contribution >= 0.6 is 0 Å². The summed E-state index contributed by atoms with van der Waals surface area (Å²) in [5, 5.41) is 9.27. The van der Waals surface area contributed by atoms with Crippen LogP contribution in [-0.4, -0.2) is 55.8 Å². The molecule has 2 N–H and O–H groups in total. The van der Waals surface area contributed by atoms with Gasteiger partial charge < -0.3 is 15.0 Å². The predicted octanol–water partition coefficient (Wildman–Crippen LogP) is 1.17. The zero-order valence-electron chi connectivity index (χ0n) is 18.0. The summed E-state index contributed by atoms with van der Waals surface area (Å²) in [6.45, 7) is 0.481. The molecule has 2 amide bonds. The highest BCUT2D eigenvalue weighted by Gasteiger charge is 2.34. The van der Waals surface area contributed by atoms with E-state index in [1.807, 2.05) is 61.6 Å². The number of ether oxygens (including phenoxy) is 1. The summed E-state index contributed by atoms with van der Waals surface area (Å²) in [5.74, 6) is 0.674. The van der Waals surface area contributed by atoms with Gasteiger partial charge in [-0.1, -0.05) is 42.5 Å². The fourth-order valence-electron chi connectivity index (χ4n) is 3.81. The lowest BCUT2D eigenvalue weighted by atomic mass is 9.98. The van der Waals surface area contributed by atoms with Crippen molar-refractivity contribution in [3.63, 3.8) is 0 Å². The maximum absolute atomic E-state index is 13.2. The molecule has 31 heavy (non-hydrogen) atoms. The molecule has 2 aliphatic rings. The van der Waals surface area contributed by atoms with E-state index in [2.05, 4.69) is 5.32 Å². The molecule has 0 aromatic heterocycles. The number of hydrogen-bond donors (Lipinski definition) is 2. The fourth-order valence-corrected chi connectivity index (χ4v) is 3.81. The van der Waals surface area contributed by atoms with Crippen molar-refractivity contribution in [1.29, 1.82) is 0 Å². The van der Waals surface area contributed by atoms with Crippen molar-refractivity contribution in [2.75, 3.05) is 27.2 Å². The molecule has 7 nitrogen and oxygen atoms in total. The maximum Gasteiger partial charge on any atom is 0.298 e. The number of hydrogen-bond acceptors (Lipinski definition) is 4. The minimum absolute atomic E-state index is 0.00518. The first-order chi connectivity index (χ1) is 15.0. The molecule has 4 rings (SSSR count). The highest BCUT2D eigenvalue weighted by molar-refractivity contribution is 6.03. The van der Waals surface area contributed by atoms with Gasteiger partial charge in [0.05, 0.1) is 25.9 Å². The summed E-state index contributed by atoms with van der Waals surface area (Å²) in [6.07, 6.45) is 2.75. The number of methoxy groups -OCH3 is 1. The Morgan fingerprint density at radius 1 is 1.10 bits per heavy atom. The smallest absolute Gasteiger partial charge is 0.298 e. The highest BCUT2D eigenvalue weighted by Crippen LogP contribution is 2.33. The third-order valence-corrected chi connectivity index (χ3v) is 5.63. The lowest BCUT2D eigenvalue weighted by Crippen LogP contribution is -3.11. The van der Waals surface area contributed by atoms with Crippen LogP contribution in [0.5, 0.6) is 5.75 Å². The van der Waals surface area contributed by atoms with Gasteiger partial charge >= 0.3 is 0 Å². The number of amides is 2. The molecule has 2 aromatic rings. The fraction of sp³-hybridized carbons (Fsp3) is 0.375. The first kappa shape index (κ1) is 21.1. The average molecular weight is 422 g/mol. The van der Waals surface area contributed by atoms with Gasteiger partial charge in [0, 0.05) is 12.5 Å². The van der Waals surface area contributed by atoms with E-state index in [0.29, 0.717) is 12.5 Å². The van der Waals surface area contributed by atoms with Crippen LogP contribution in [0.4, 0.5) is 0 Å². The number of carbonyl (C=O) groups is 2. The normalized spacial score (nSPS) is 19.0. The average Bonchev–Trinajstić information content (AvgIpc) is 3.47. The lowest BCUT2D eigenvalue weighted by Gasteiger charge is -2.23. The quantitative estimate of drug-likeness (QED) is 0.672. The molecule has 1 aliphatic carbocycles. The number of nitrogens with zero attached hydrogens (tertiary/aromatic N) is 2. The third kappa shape index (κ3) is 5.30. The minimum atomic E-state index is -0.179. The molecule has 162 valence electrons. The van der Waals surface area contributed by atoms with Crippen molar-refractivity contribution in [2.24, 2.45) is 5.10 Å². The molecule has 1 aliphatic heterocycles. The van der Waals surface area contributed by atoms with E-state index in [1.54, 1.807) is 12.1 Å². The van der Waals surface area contributed by atoms with Gasteiger partial charge in [0.1, 0.15) is 5.75 Å². The molecule has 1 unspecified atom stereocenters. The molecule has 1 heterocycles. The Kier molecular flexibility index (Phi) is 6.32. The topological polar surface area (TPSA) is 75.4 Å². The molecule has 0 radical (unpaired) electrons. The highest BCUT2D eigenvalue weighted by atomic mass is 16.5. The van der Waals surface area contributed by atoms with Gasteiger partial charge in [-0.15, -0.1) is 0 Å². The van der Waals surface area contributed by atoms with Crippen molar-refractivity contribution in [2.45, 2.75) is 31.3 Å². The minimum Gasteiger partial charge on any atom is -0.497 e. The van der Waals surface area contributed by atoms with Crippen molar-refractivity contribution >= 4 is 17.5 Å². The number of benzene rings is 2. The first-order valence-corrected chi connectivity index (χ1v) is 10.7. The summed E-state index contributed by atoms with van der Waals surface area (Å²) in [5.41, 5.74) is 2.91. The summed E-state index contributed by atoms with van der Waals surface area (Å²) in [6, 6.07) is 17.8. The Hall–Kier alpha value is -3.19. The monoisotopic (exact) mass is 421 g/mol. The number of rotatable bonds is 8. The molecular weight excluding hydrogens is 392 g/mol. The van der Waals surface area contributed by atoms with Gasteiger partial charge in [0.25, 0.3) is 11.8 Å². The summed E-state index contributed by atoms with van der Waals surface area (Å²) < 4.78 is 5.27. The number of quaternary nitrogens is 1. The first-order valence-electron chi connectivity index (χ1n) is 10.7. The summed E-state index contributed by atoms with van der Waals surface area (Å²) in [7, 11) is 3.50. The number of likely N-dealkylation sites (N-methyl/N-ethyl adjacent to an activating group) is 1. The van der Waals surface area contributed by atoms with E-state index in [0.717, 1.165) is 40.3 Å². The molecule has 0 spiro atoms. The number of hydrazone groups is 1. The van der Waals surface area contributed by atoms with E-state index in [1.165, 1.54) is 0 Å². The van der Waals surface area contributed by atoms with Crippen LogP contribution in [0.15, 0.2) is 59.7 Å². The van der Waals surface area contributed by atoms with Crippen molar-refractivity contribution in [3.8, 4) is 5.75 Å². The number of carbonyl (C=O) groups excluding carboxylic acids is 2. The molecule has 1 fully saturated rings. The van der Waals surface area contributed by atoms with Crippen molar-refractivity contribution < 1.29 is 19.2 Å². The maximum atomic E-state index is 13.2. The Bertz CT molecular complexity index is 955. The molecule has 0 saturated heterocycles. The zero-order valence-corrected chi connectivity index (χ0v) is 18.0. The van der Waals surface area contributed by atoms with E-state index in [4.69, 9.17) is 9.84 Å². The van der Waals surface area contributed by atoms with E-state index in [9.17, 15) is 9.59 Å². The molecule has 2 atom stereocenters. The van der Waals surface area contributed by atoms with Crippen LogP contribution in [0.25, 0.3) is 0 Å². The third-order valence-electron chi connectivity index (χ3n) is 5.63. The Morgan fingerprint density at radius 3 is 2.45 bits per heavy atom. The molecule has 1 saturated carbocycles. The predicted molar refractivity (Wildman–Crippen MR) is 118 cm³/mol. The van der Waals surface area contributed by atoms with Gasteiger partial charge in [-0.25, -0.2) is 5.01 Å². The Balaban J connectivity index is 1.50. The van der Waals surface area contributed by atoms with Crippen LogP contribution in [0, 0.1) is 0 Å². The second-order valence-electron chi connectivity index (χ2n) is 8.30. The SMILES string of the molecule is COc1ccc([C@H]2CC(c3ccccc3)=NN2C(=O)C[NH+](C)CC(=O)NC2CC2)cc1. The second-order valence-corrected chi connectivity index (χ2v) is 8.30. The van der Waals surface area contributed by atoms with E-state index in [-0.39, 0.29) is 30.9 Å². The standard InChI is InChI=1S/C24H28N4O3/c1-27(15-23(29)25-19-10-11-19)16-24(30)28-22(18-8-12-20(31-2)13-9-18)14-21(26-28)17-6-4-3-5-7-17/h3-9,12-13,19,22H,10-11,14-16H2,1-2H3,(H,25,29)/p+1/t22-/m1/s1. The molecule has 0 bridgehead atoms. The Labute approximate surface area is 182 Å². The van der Waals surface area contributed by atoms with Crippen LogP contribution in [0.3, 0.4) is 0 Å². The van der Waals surface area contributed by atoms with Gasteiger partial charge in [-0.2, -0.15) is 5.10 Å². The molecular formula is C24H29N4O3+. The van der Waals surface area contributed by atoms with Crippen LogP contribution in [0.1, 0.15) is 36.4 Å². The summed E-state index contributed by atoms with van der Waals surface area (Å²) >= 11 is 0. The molecule has 7 heteroatoms. The van der Waals surface area contributed by atoms with Crippen molar-refractivity contribution in [3.05, 3.63) is 65.7 Å². The van der Waals surface area contributed by atoms with E-state index >= 15 is 0 Å². The molecule has 2 aromatic carbocycles. The Morgan fingerprint density at radius 2 is 1.81 bits per heavy atom. The largest absolute Gasteiger partial charge is 0.497 e. The van der Waals surface area contributed by atoms with Gasteiger partial charge in [0.15, 0.2) is 13.1 Å². The van der Waals surface area contributed by atoms with Crippen LogP contribution in [-0.2, 0) is 9.59 Å². The number of nitrogens with one attached hydrogen (secondary N) is 2. The van der Waals surface area contributed by atoms with Crippen LogP contribution in [0.2, 0.25) is 0 Å². The van der Waals surface area contributed by atoms with Gasteiger partial charge in [-0.05, 0) is 36.1 Å². The van der Waals surface area contributed by atoms with Gasteiger partial charge in [0.2, 0.25) is 0 Å². The lowest BCUT2D eigenvalue weighted by molar-refractivity contribution is -0.863. The zero-order chi connectivity index (χ0) is 21.8. The second kappa shape index (κ2) is 9.31. The van der Waals surface area contributed by atoms with Crippen LogP contribution < -0.4 is 15.0 Å². The van der Waals surface area contributed by atoms with Crippen molar-refractivity contribution in [1.82, 2.24) is 10.3 Å². The van der Waals surface area contributed by atoms with E-state index < -0.39 is 0 Å². The van der Waals surface area contributed by atoms with Gasteiger partial charge in [-0.3, -0.25) is 9.59 Å².